The van der Waals surface area contributed by atoms with Crippen molar-refractivity contribution in [2.75, 3.05) is 29.1 Å². The lowest BCUT2D eigenvalue weighted by molar-refractivity contribution is -0.126. The summed E-state index contributed by atoms with van der Waals surface area (Å²) in [6.45, 7) is 4.08. The van der Waals surface area contributed by atoms with Gasteiger partial charge in [0.15, 0.2) is 9.84 Å². The molecule has 2 fully saturated rings. The normalized spacial score (nSPS) is 18.0. The van der Waals surface area contributed by atoms with Gasteiger partial charge in [0.05, 0.1) is 11.0 Å². The summed E-state index contributed by atoms with van der Waals surface area (Å²) < 4.78 is 24.9. The van der Waals surface area contributed by atoms with Crippen LogP contribution in [0.15, 0.2) is 24.3 Å². The van der Waals surface area contributed by atoms with Gasteiger partial charge in [-0.05, 0) is 50.3 Å². The van der Waals surface area contributed by atoms with Gasteiger partial charge in [-0.2, -0.15) is 0 Å². The molecule has 1 aromatic rings. The van der Waals surface area contributed by atoms with Crippen LogP contribution in [0.4, 0.5) is 11.4 Å². The predicted octanol–water partition coefficient (Wildman–Crippen LogP) is 3.65. The number of sulfone groups is 1. The summed E-state index contributed by atoms with van der Waals surface area (Å²) in [5.41, 5.74) is 1.80. The minimum atomic E-state index is -3.26. The van der Waals surface area contributed by atoms with Gasteiger partial charge in [0.1, 0.15) is 6.04 Å². The van der Waals surface area contributed by atoms with E-state index in [0.717, 1.165) is 44.5 Å². The van der Waals surface area contributed by atoms with E-state index < -0.39 is 15.9 Å². The maximum atomic E-state index is 12.9. The predicted molar refractivity (Wildman–Crippen MR) is 129 cm³/mol. The maximum absolute atomic E-state index is 12.9. The number of nitrogens with one attached hydrogen (secondary N) is 2. The Morgan fingerprint density at radius 1 is 1.12 bits per heavy atom. The zero-order valence-corrected chi connectivity index (χ0v) is 20.0. The summed E-state index contributed by atoms with van der Waals surface area (Å²) >= 11 is 0. The average molecular weight is 464 g/mol. The monoisotopic (exact) mass is 463 g/mol. The molecule has 1 aliphatic carbocycles. The molecule has 0 radical (unpaired) electrons. The van der Waals surface area contributed by atoms with Crippen molar-refractivity contribution >= 4 is 33.0 Å². The molecule has 2 amide bonds. The Balaban J connectivity index is 1.57. The Bertz CT molecular complexity index is 875. The summed E-state index contributed by atoms with van der Waals surface area (Å²) in [5.74, 6) is -0.790. The quantitative estimate of drug-likeness (QED) is 0.522. The third-order valence-corrected chi connectivity index (χ3v) is 8.77. The highest BCUT2D eigenvalue weighted by Crippen LogP contribution is 2.26. The molecule has 1 heterocycles. The van der Waals surface area contributed by atoms with Crippen molar-refractivity contribution in [3.8, 4) is 0 Å². The van der Waals surface area contributed by atoms with Gasteiger partial charge in [0.25, 0.3) is 0 Å². The molecule has 0 aromatic heterocycles. The van der Waals surface area contributed by atoms with E-state index in [2.05, 4.69) is 15.5 Å². The van der Waals surface area contributed by atoms with Gasteiger partial charge in [-0.3, -0.25) is 9.59 Å². The van der Waals surface area contributed by atoms with E-state index in [4.69, 9.17) is 0 Å². The van der Waals surface area contributed by atoms with Crippen molar-refractivity contribution in [2.45, 2.75) is 82.4 Å². The second-order valence-corrected chi connectivity index (χ2v) is 11.4. The van der Waals surface area contributed by atoms with Gasteiger partial charge >= 0.3 is 0 Å². The van der Waals surface area contributed by atoms with Crippen LogP contribution < -0.4 is 15.5 Å². The molecular weight excluding hydrogens is 426 g/mol. The number of rotatable bonds is 11. The molecule has 32 heavy (non-hydrogen) atoms. The Morgan fingerprint density at radius 2 is 1.84 bits per heavy atom. The first-order valence-corrected chi connectivity index (χ1v) is 13.8. The molecule has 178 valence electrons. The molecule has 1 aliphatic heterocycles. The molecule has 0 bridgehead atoms. The molecule has 1 saturated heterocycles. The molecule has 0 spiro atoms. The van der Waals surface area contributed by atoms with Crippen molar-refractivity contribution in [1.82, 2.24) is 5.32 Å². The van der Waals surface area contributed by atoms with E-state index in [1.54, 1.807) is 0 Å². The highest BCUT2D eigenvalue weighted by molar-refractivity contribution is 7.92. The lowest BCUT2D eigenvalue weighted by atomic mass is 10.1. The Kier molecular flexibility index (Phi) is 8.96. The molecular formula is C24H37N3O4S. The summed E-state index contributed by atoms with van der Waals surface area (Å²) in [7, 11) is -3.26. The number of carbonyl (C=O) groups excluding carboxylic acids is 2. The molecule has 7 nitrogen and oxygen atoms in total. The molecule has 2 aliphatic rings. The van der Waals surface area contributed by atoms with Crippen LogP contribution >= 0.6 is 0 Å². The number of anilines is 2. The van der Waals surface area contributed by atoms with Gasteiger partial charge in [-0.15, -0.1) is 0 Å². The van der Waals surface area contributed by atoms with Crippen LogP contribution in [0, 0.1) is 0 Å². The van der Waals surface area contributed by atoms with E-state index in [-0.39, 0.29) is 29.2 Å². The second-order valence-electron chi connectivity index (χ2n) is 9.02. The van der Waals surface area contributed by atoms with E-state index in [1.807, 2.05) is 31.2 Å². The van der Waals surface area contributed by atoms with E-state index in [1.165, 1.54) is 12.8 Å². The lowest BCUT2D eigenvalue weighted by Gasteiger charge is -2.21. The summed E-state index contributed by atoms with van der Waals surface area (Å²) in [4.78, 5) is 27.7. The van der Waals surface area contributed by atoms with E-state index in [9.17, 15) is 18.0 Å². The first-order chi connectivity index (χ1) is 15.4. The van der Waals surface area contributed by atoms with Gasteiger partial charge < -0.3 is 15.5 Å². The van der Waals surface area contributed by atoms with Crippen LogP contribution in [-0.4, -0.2) is 50.4 Å². The van der Waals surface area contributed by atoms with Crippen LogP contribution in [-0.2, 0) is 19.4 Å². The van der Waals surface area contributed by atoms with Gasteiger partial charge in [0.2, 0.25) is 11.8 Å². The zero-order valence-electron chi connectivity index (χ0n) is 19.1. The van der Waals surface area contributed by atoms with Crippen molar-refractivity contribution in [2.24, 2.45) is 0 Å². The highest BCUT2D eigenvalue weighted by Gasteiger charge is 2.29. The number of hydrogen-bond acceptors (Lipinski definition) is 5. The van der Waals surface area contributed by atoms with Gasteiger partial charge in [-0.1, -0.05) is 38.7 Å². The molecule has 1 saturated carbocycles. The molecule has 1 atom stereocenters. The first-order valence-electron chi connectivity index (χ1n) is 12.1. The number of nitrogens with zero attached hydrogens (tertiary/aromatic N) is 1. The Morgan fingerprint density at radius 3 is 2.53 bits per heavy atom. The van der Waals surface area contributed by atoms with Crippen molar-refractivity contribution in [3.05, 3.63) is 24.3 Å². The number of benzene rings is 1. The first kappa shape index (κ1) is 24.6. The van der Waals surface area contributed by atoms with Crippen LogP contribution in [0.25, 0.3) is 0 Å². The standard InChI is InChI=1S/C24H37N3O4S/c1-2-3-13-22(26-23(28)14-17-32(30,31)21-11-4-5-12-21)24(29)25-19-9-8-10-20(18-19)27-15-6-7-16-27/h8-10,18,21-22H,2-7,11-17H2,1H3,(H,25,29)(H,26,28). The summed E-state index contributed by atoms with van der Waals surface area (Å²) in [5, 5.41) is 5.41. The molecule has 2 N–H and O–H groups in total. The molecule has 8 heteroatoms. The minimum absolute atomic E-state index is 0.0980. The van der Waals surface area contributed by atoms with Crippen LogP contribution in [0.5, 0.6) is 0 Å². The number of unbranched alkanes of at least 4 members (excludes halogenated alkanes) is 1. The number of amides is 2. The fourth-order valence-corrected chi connectivity index (χ4v) is 6.43. The molecule has 1 aromatic carbocycles. The Hall–Kier alpha value is -2.09. The SMILES string of the molecule is CCCCC(NC(=O)CCS(=O)(=O)C1CCCC1)C(=O)Nc1cccc(N2CCCC2)c1. The summed E-state index contributed by atoms with van der Waals surface area (Å²) in [6, 6.07) is 7.12. The van der Waals surface area contributed by atoms with Crippen LogP contribution in [0.1, 0.15) is 71.1 Å². The number of carbonyl (C=O) groups is 2. The third-order valence-electron chi connectivity index (χ3n) is 6.51. The molecule has 1 unspecified atom stereocenters. The third kappa shape index (κ3) is 6.95. The fourth-order valence-electron chi connectivity index (χ4n) is 4.58. The Labute approximate surface area is 192 Å². The summed E-state index contributed by atoms with van der Waals surface area (Å²) in [6.07, 6.45) is 7.75. The minimum Gasteiger partial charge on any atom is -0.371 e. The average Bonchev–Trinajstić information content (AvgIpc) is 3.50. The zero-order chi connectivity index (χ0) is 23.0. The van der Waals surface area contributed by atoms with Crippen LogP contribution in [0.3, 0.4) is 0 Å². The van der Waals surface area contributed by atoms with Crippen molar-refractivity contribution < 1.29 is 18.0 Å². The number of hydrogen-bond donors (Lipinski definition) is 2. The topological polar surface area (TPSA) is 95.6 Å². The fraction of sp³-hybridized carbons (Fsp3) is 0.667. The van der Waals surface area contributed by atoms with Crippen molar-refractivity contribution in [1.29, 1.82) is 0 Å². The maximum Gasteiger partial charge on any atom is 0.246 e. The van der Waals surface area contributed by atoms with Gasteiger partial charge in [-0.25, -0.2) is 8.42 Å². The second kappa shape index (κ2) is 11.7. The van der Waals surface area contributed by atoms with Gasteiger partial charge in [0, 0.05) is 30.9 Å². The van der Waals surface area contributed by atoms with Crippen LogP contribution in [0.2, 0.25) is 0 Å². The largest absolute Gasteiger partial charge is 0.371 e. The smallest absolute Gasteiger partial charge is 0.246 e. The van der Waals surface area contributed by atoms with E-state index >= 15 is 0 Å². The van der Waals surface area contributed by atoms with Crippen molar-refractivity contribution in [3.63, 3.8) is 0 Å². The lowest BCUT2D eigenvalue weighted by Crippen LogP contribution is -2.44. The van der Waals surface area contributed by atoms with E-state index in [0.29, 0.717) is 24.9 Å². The molecule has 3 rings (SSSR count). The highest BCUT2D eigenvalue weighted by atomic mass is 32.2.